The molecular formula is C16H11BrF3N3O3. The van der Waals surface area contributed by atoms with Crippen LogP contribution in [0.15, 0.2) is 52.0 Å². The molecule has 2 rings (SSSR count). The Labute approximate surface area is 153 Å². The zero-order chi connectivity index (χ0) is 19.3. The second-order valence-corrected chi connectivity index (χ2v) is 5.85. The van der Waals surface area contributed by atoms with E-state index >= 15 is 0 Å². The van der Waals surface area contributed by atoms with Crippen molar-refractivity contribution in [1.29, 1.82) is 0 Å². The highest BCUT2D eigenvalue weighted by Gasteiger charge is 2.30. The van der Waals surface area contributed by atoms with Crippen molar-refractivity contribution in [2.75, 3.05) is 5.32 Å². The molecule has 0 saturated heterocycles. The van der Waals surface area contributed by atoms with Crippen molar-refractivity contribution in [3.8, 4) is 5.75 Å². The molecule has 0 aliphatic heterocycles. The molecule has 0 spiro atoms. The van der Waals surface area contributed by atoms with E-state index in [1.807, 2.05) is 10.7 Å². The highest BCUT2D eigenvalue weighted by molar-refractivity contribution is 9.10. The summed E-state index contributed by atoms with van der Waals surface area (Å²) in [4.78, 5) is 23.3. The molecule has 0 aliphatic rings. The van der Waals surface area contributed by atoms with E-state index in [-0.39, 0.29) is 17.0 Å². The predicted octanol–water partition coefficient (Wildman–Crippen LogP) is 3.26. The number of nitrogens with zero attached hydrogens (tertiary/aromatic N) is 1. The van der Waals surface area contributed by atoms with Crippen molar-refractivity contribution in [3.63, 3.8) is 0 Å². The Morgan fingerprint density at radius 3 is 2.54 bits per heavy atom. The maximum Gasteiger partial charge on any atom is 0.416 e. The first-order chi connectivity index (χ1) is 12.2. The van der Waals surface area contributed by atoms with E-state index in [0.29, 0.717) is 10.5 Å². The fraction of sp³-hybridized carbons (Fsp3) is 0.0625. The summed E-state index contributed by atoms with van der Waals surface area (Å²) in [5, 5.41) is 15.2. The first-order valence-corrected chi connectivity index (χ1v) is 7.76. The molecule has 0 aromatic heterocycles. The number of anilines is 1. The molecular weight excluding hydrogens is 419 g/mol. The van der Waals surface area contributed by atoms with Gasteiger partial charge in [-0.3, -0.25) is 9.59 Å². The fourth-order valence-electron chi connectivity index (χ4n) is 1.80. The van der Waals surface area contributed by atoms with Crippen molar-refractivity contribution in [1.82, 2.24) is 5.43 Å². The Morgan fingerprint density at radius 2 is 1.85 bits per heavy atom. The largest absolute Gasteiger partial charge is 0.507 e. The Morgan fingerprint density at radius 1 is 1.12 bits per heavy atom. The molecule has 0 saturated carbocycles. The lowest BCUT2D eigenvalue weighted by Gasteiger charge is -2.09. The van der Waals surface area contributed by atoms with Crippen LogP contribution in [-0.2, 0) is 15.8 Å². The van der Waals surface area contributed by atoms with Crippen LogP contribution < -0.4 is 10.7 Å². The molecule has 2 aromatic carbocycles. The molecule has 0 fully saturated rings. The lowest BCUT2D eigenvalue weighted by atomic mass is 10.2. The van der Waals surface area contributed by atoms with E-state index in [0.717, 1.165) is 18.3 Å². The number of carbonyl (C=O) groups excluding carboxylic acids is 2. The van der Waals surface area contributed by atoms with Gasteiger partial charge in [-0.1, -0.05) is 22.0 Å². The summed E-state index contributed by atoms with van der Waals surface area (Å²) in [5.74, 6) is -2.48. The Kier molecular flexibility index (Phi) is 5.98. The van der Waals surface area contributed by atoms with Crippen LogP contribution in [0.3, 0.4) is 0 Å². The van der Waals surface area contributed by atoms with Gasteiger partial charge in [-0.25, -0.2) is 5.43 Å². The number of nitrogens with one attached hydrogen (secondary N) is 2. The van der Waals surface area contributed by atoms with Gasteiger partial charge in [-0.05, 0) is 36.4 Å². The zero-order valence-corrected chi connectivity index (χ0v) is 14.4. The van der Waals surface area contributed by atoms with E-state index in [9.17, 15) is 27.9 Å². The van der Waals surface area contributed by atoms with Crippen LogP contribution in [0.5, 0.6) is 5.75 Å². The van der Waals surface area contributed by atoms with Crippen molar-refractivity contribution in [3.05, 3.63) is 58.1 Å². The van der Waals surface area contributed by atoms with E-state index in [1.54, 1.807) is 6.07 Å². The third kappa shape index (κ3) is 5.31. The van der Waals surface area contributed by atoms with Crippen LogP contribution in [-0.4, -0.2) is 23.1 Å². The average Bonchev–Trinajstić information content (AvgIpc) is 2.57. The predicted molar refractivity (Wildman–Crippen MR) is 91.6 cm³/mol. The van der Waals surface area contributed by atoms with Gasteiger partial charge in [0.05, 0.1) is 11.8 Å². The number of aromatic hydroxyl groups is 1. The topological polar surface area (TPSA) is 90.8 Å². The van der Waals surface area contributed by atoms with Gasteiger partial charge >= 0.3 is 18.0 Å². The van der Waals surface area contributed by atoms with Crippen LogP contribution in [0.2, 0.25) is 0 Å². The van der Waals surface area contributed by atoms with Gasteiger partial charge < -0.3 is 10.4 Å². The number of hydrazone groups is 1. The van der Waals surface area contributed by atoms with Crippen molar-refractivity contribution in [2.24, 2.45) is 5.10 Å². The van der Waals surface area contributed by atoms with Crippen LogP contribution in [0, 0.1) is 0 Å². The summed E-state index contributed by atoms with van der Waals surface area (Å²) in [6, 6.07) is 8.36. The van der Waals surface area contributed by atoms with E-state index in [1.165, 1.54) is 18.2 Å². The van der Waals surface area contributed by atoms with Gasteiger partial charge in [0, 0.05) is 15.7 Å². The van der Waals surface area contributed by atoms with Crippen LogP contribution in [0.1, 0.15) is 11.1 Å². The lowest BCUT2D eigenvalue weighted by molar-refractivity contribution is -0.137. The number of hydrogen-bond acceptors (Lipinski definition) is 4. The normalized spacial score (nSPS) is 11.4. The zero-order valence-electron chi connectivity index (χ0n) is 12.8. The molecule has 0 aliphatic carbocycles. The maximum absolute atomic E-state index is 12.6. The molecule has 0 unspecified atom stereocenters. The molecule has 136 valence electrons. The molecule has 2 amide bonds. The minimum absolute atomic E-state index is 0.0976. The average molecular weight is 430 g/mol. The van der Waals surface area contributed by atoms with Gasteiger partial charge in [-0.2, -0.15) is 18.3 Å². The second kappa shape index (κ2) is 8.00. The van der Waals surface area contributed by atoms with Gasteiger partial charge in [-0.15, -0.1) is 0 Å². The number of carbonyl (C=O) groups is 2. The van der Waals surface area contributed by atoms with Gasteiger partial charge in [0.15, 0.2) is 0 Å². The fourth-order valence-corrected chi connectivity index (χ4v) is 2.18. The Hall–Kier alpha value is -2.88. The lowest BCUT2D eigenvalue weighted by Crippen LogP contribution is -2.32. The van der Waals surface area contributed by atoms with Gasteiger partial charge in [0.2, 0.25) is 0 Å². The molecule has 26 heavy (non-hydrogen) atoms. The molecule has 0 bridgehead atoms. The third-order valence-corrected chi connectivity index (χ3v) is 3.51. The quantitative estimate of drug-likeness (QED) is 0.397. The second-order valence-electron chi connectivity index (χ2n) is 4.93. The van der Waals surface area contributed by atoms with Crippen LogP contribution in [0.4, 0.5) is 18.9 Å². The molecule has 0 radical (unpaired) electrons. The van der Waals surface area contributed by atoms with E-state index in [2.05, 4.69) is 21.0 Å². The minimum atomic E-state index is -4.57. The van der Waals surface area contributed by atoms with Gasteiger partial charge in [0.1, 0.15) is 5.75 Å². The standard InChI is InChI=1S/C16H11BrF3N3O3/c17-11-4-5-13(24)9(6-11)8-21-23-15(26)14(25)22-12-3-1-2-10(7-12)16(18,19)20/h1-8,24H,(H,22,25)(H,23,26)/b21-8+. The molecule has 0 heterocycles. The number of hydrogen-bond donors (Lipinski definition) is 3. The first kappa shape index (κ1) is 19.4. The number of alkyl halides is 3. The highest BCUT2D eigenvalue weighted by atomic mass is 79.9. The highest BCUT2D eigenvalue weighted by Crippen LogP contribution is 2.30. The Bertz CT molecular complexity index is 869. The van der Waals surface area contributed by atoms with E-state index < -0.39 is 23.6 Å². The summed E-state index contributed by atoms with van der Waals surface area (Å²) in [5.41, 5.74) is 1.04. The maximum atomic E-state index is 12.6. The summed E-state index contributed by atoms with van der Waals surface area (Å²) >= 11 is 3.19. The summed E-state index contributed by atoms with van der Waals surface area (Å²) in [6.07, 6.45) is -3.46. The molecule has 3 N–H and O–H groups in total. The summed E-state index contributed by atoms with van der Waals surface area (Å²) < 4.78 is 38.5. The number of halogens is 4. The molecule has 6 nitrogen and oxygen atoms in total. The monoisotopic (exact) mass is 429 g/mol. The molecule has 2 aromatic rings. The summed E-state index contributed by atoms with van der Waals surface area (Å²) in [6.45, 7) is 0. The third-order valence-electron chi connectivity index (χ3n) is 3.01. The van der Waals surface area contributed by atoms with Crippen molar-refractivity contribution in [2.45, 2.75) is 6.18 Å². The molecule has 10 heteroatoms. The number of benzene rings is 2. The van der Waals surface area contributed by atoms with Gasteiger partial charge in [0.25, 0.3) is 0 Å². The number of phenols is 1. The van der Waals surface area contributed by atoms with Crippen molar-refractivity contribution >= 4 is 39.6 Å². The number of phenolic OH excluding ortho intramolecular Hbond substituents is 1. The SMILES string of the molecule is O=C(N/N=C/c1cc(Br)ccc1O)C(=O)Nc1cccc(C(F)(F)F)c1. The Balaban J connectivity index is 1.99. The number of amides is 2. The summed E-state index contributed by atoms with van der Waals surface area (Å²) in [7, 11) is 0. The van der Waals surface area contributed by atoms with Crippen LogP contribution in [0.25, 0.3) is 0 Å². The number of rotatable bonds is 3. The molecule has 0 atom stereocenters. The van der Waals surface area contributed by atoms with Crippen molar-refractivity contribution < 1.29 is 27.9 Å². The van der Waals surface area contributed by atoms with E-state index in [4.69, 9.17) is 0 Å². The smallest absolute Gasteiger partial charge is 0.416 e. The first-order valence-electron chi connectivity index (χ1n) is 6.97. The minimum Gasteiger partial charge on any atom is -0.507 e. The van der Waals surface area contributed by atoms with Crippen LogP contribution >= 0.6 is 15.9 Å².